The molecule has 1 aliphatic rings. The largest absolute Gasteiger partial charge is 0.483 e. The molecule has 1 heterocycles. The lowest BCUT2D eigenvalue weighted by Gasteiger charge is -2.11. The van der Waals surface area contributed by atoms with Crippen molar-refractivity contribution in [1.29, 1.82) is 0 Å². The number of hydrogen-bond acceptors (Lipinski definition) is 4. The van der Waals surface area contributed by atoms with Crippen LogP contribution in [0.1, 0.15) is 16.7 Å². The fraction of sp³-hybridized carbons (Fsp3) is 0.278. The van der Waals surface area contributed by atoms with E-state index in [1.54, 1.807) is 0 Å². The zero-order valence-corrected chi connectivity index (χ0v) is 15.1. The topological polar surface area (TPSA) is 56.8 Å². The van der Waals surface area contributed by atoms with E-state index in [4.69, 9.17) is 14.2 Å². The predicted molar refractivity (Wildman–Crippen MR) is 93.5 cm³/mol. The first kappa shape index (κ1) is 16.6. The quantitative estimate of drug-likeness (QED) is 0.847. The van der Waals surface area contributed by atoms with Crippen LogP contribution in [0.2, 0.25) is 0 Å². The summed E-state index contributed by atoms with van der Waals surface area (Å²) in [4.78, 5) is 12.0. The van der Waals surface area contributed by atoms with E-state index in [0.29, 0.717) is 18.0 Å². The van der Waals surface area contributed by atoms with Gasteiger partial charge in [0.05, 0.1) is 0 Å². The summed E-state index contributed by atoms with van der Waals surface area (Å²) in [7, 11) is 0. The van der Waals surface area contributed by atoms with Crippen LogP contribution in [0.15, 0.2) is 34.8 Å². The van der Waals surface area contributed by atoms with Gasteiger partial charge in [0, 0.05) is 11.0 Å². The highest BCUT2D eigenvalue weighted by molar-refractivity contribution is 9.10. The summed E-state index contributed by atoms with van der Waals surface area (Å²) in [5.74, 6) is 1.98. The summed E-state index contributed by atoms with van der Waals surface area (Å²) in [5.41, 5.74) is 3.00. The molecule has 0 spiro atoms. The summed E-state index contributed by atoms with van der Waals surface area (Å²) in [6.45, 7) is 4.56. The van der Waals surface area contributed by atoms with Crippen molar-refractivity contribution in [3.05, 3.63) is 51.5 Å². The zero-order valence-electron chi connectivity index (χ0n) is 13.5. The van der Waals surface area contributed by atoms with Crippen LogP contribution in [-0.4, -0.2) is 19.3 Å². The van der Waals surface area contributed by atoms with Crippen molar-refractivity contribution in [2.75, 3.05) is 13.4 Å². The van der Waals surface area contributed by atoms with Gasteiger partial charge in [0.2, 0.25) is 6.79 Å². The lowest BCUT2D eigenvalue weighted by atomic mass is 10.1. The summed E-state index contributed by atoms with van der Waals surface area (Å²) in [5, 5.41) is 2.84. The monoisotopic (exact) mass is 391 g/mol. The molecule has 1 amide bonds. The Morgan fingerprint density at radius 1 is 1.17 bits per heavy atom. The van der Waals surface area contributed by atoms with Gasteiger partial charge in [-0.1, -0.05) is 22.0 Å². The maximum atomic E-state index is 12.0. The molecule has 0 atom stereocenters. The molecule has 1 N–H and O–H groups in total. The highest BCUT2D eigenvalue weighted by Gasteiger charge is 2.13. The van der Waals surface area contributed by atoms with Crippen molar-refractivity contribution in [2.45, 2.75) is 20.4 Å². The number of amides is 1. The van der Waals surface area contributed by atoms with Crippen LogP contribution >= 0.6 is 15.9 Å². The smallest absolute Gasteiger partial charge is 0.258 e. The first-order valence-corrected chi connectivity index (χ1v) is 8.37. The van der Waals surface area contributed by atoms with E-state index in [2.05, 4.69) is 21.2 Å². The van der Waals surface area contributed by atoms with Crippen LogP contribution in [0.3, 0.4) is 0 Å². The van der Waals surface area contributed by atoms with Gasteiger partial charge in [0.25, 0.3) is 5.91 Å². The molecule has 0 unspecified atom stereocenters. The van der Waals surface area contributed by atoms with Gasteiger partial charge in [-0.2, -0.15) is 0 Å². The standard InChI is InChI=1S/C18H18BrNO4/c1-11-6-16(12(2)5-14(11)19)22-9-18(21)20-8-13-3-4-15-17(7-13)24-10-23-15/h3-7H,8-10H2,1-2H3,(H,20,21). The summed E-state index contributed by atoms with van der Waals surface area (Å²) in [6.07, 6.45) is 0. The summed E-state index contributed by atoms with van der Waals surface area (Å²) in [6, 6.07) is 9.51. The van der Waals surface area contributed by atoms with Gasteiger partial charge < -0.3 is 19.5 Å². The molecular weight excluding hydrogens is 374 g/mol. The zero-order chi connectivity index (χ0) is 17.1. The Bertz CT molecular complexity index is 776. The molecule has 24 heavy (non-hydrogen) atoms. The Hall–Kier alpha value is -2.21. The molecule has 0 saturated heterocycles. The Labute approximate surface area is 149 Å². The minimum absolute atomic E-state index is 0.0214. The molecule has 0 bridgehead atoms. The highest BCUT2D eigenvalue weighted by atomic mass is 79.9. The van der Waals surface area contributed by atoms with Gasteiger partial charge in [0.15, 0.2) is 18.1 Å². The van der Waals surface area contributed by atoms with Crippen LogP contribution < -0.4 is 19.5 Å². The number of rotatable bonds is 5. The van der Waals surface area contributed by atoms with E-state index in [1.165, 1.54) is 0 Å². The Morgan fingerprint density at radius 3 is 2.79 bits per heavy atom. The fourth-order valence-electron chi connectivity index (χ4n) is 2.36. The van der Waals surface area contributed by atoms with Crippen molar-refractivity contribution >= 4 is 21.8 Å². The van der Waals surface area contributed by atoms with Gasteiger partial charge in [-0.15, -0.1) is 0 Å². The van der Waals surface area contributed by atoms with Crippen molar-refractivity contribution in [2.24, 2.45) is 0 Å². The minimum Gasteiger partial charge on any atom is -0.483 e. The van der Waals surface area contributed by atoms with E-state index < -0.39 is 0 Å². The number of ether oxygens (including phenoxy) is 3. The normalized spacial score (nSPS) is 12.1. The summed E-state index contributed by atoms with van der Waals surface area (Å²) >= 11 is 3.48. The number of carbonyl (C=O) groups excluding carboxylic acids is 1. The third kappa shape index (κ3) is 3.82. The van der Waals surface area contributed by atoms with Crippen LogP contribution in [0.4, 0.5) is 0 Å². The van der Waals surface area contributed by atoms with Gasteiger partial charge in [-0.05, 0) is 54.8 Å². The molecule has 2 aromatic carbocycles. The molecule has 0 fully saturated rings. The van der Waals surface area contributed by atoms with Crippen LogP contribution in [0, 0.1) is 13.8 Å². The molecule has 126 valence electrons. The van der Waals surface area contributed by atoms with Crippen LogP contribution in [0.25, 0.3) is 0 Å². The van der Waals surface area contributed by atoms with E-state index in [9.17, 15) is 4.79 Å². The lowest BCUT2D eigenvalue weighted by Crippen LogP contribution is -2.28. The molecule has 1 aliphatic heterocycles. The predicted octanol–water partition coefficient (Wildman–Crippen LogP) is 3.49. The van der Waals surface area contributed by atoms with Gasteiger partial charge in [-0.25, -0.2) is 0 Å². The minimum atomic E-state index is -0.173. The molecule has 3 rings (SSSR count). The Kier molecular flexibility index (Phi) is 4.94. The molecular formula is C18H18BrNO4. The number of hydrogen-bond donors (Lipinski definition) is 1. The number of benzene rings is 2. The molecule has 6 heteroatoms. The molecule has 0 aromatic heterocycles. The fourth-order valence-corrected chi connectivity index (χ4v) is 2.81. The number of halogens is 1. The second-order valence-electron chi connectivity index (χ2n) is 5.62. The second-order valence-corrected chi connectivity index (χ2v) is 6.47. The number of carbonyl (C=O) groups is 1. The van der Waals surface area contributed by atoms with Crippen molar-refractivity contribution in [3.63, 3.8) is 0 Å². The average Bonchev–Trinajstić information content (AvgIpc) is 3.02. The average molecular weight is 392 g/mol. The van der Waals surface area contributed by atoms with Gasteiger partial charge >= 0.3 is 0 Å². The van der Waals surface area contributed by atoms with Crippen LogP contribution in [-0.2, 0) is 11.3 Å². The Balaban J connectivity index is 1.52. The molecule has 2 aromatic rings. The van der Waals surface area contributed by atoms with Gasteiger partial charge in [-0.3, -0.25) is 4.79 Å². The maximum Gasteiger partial charge on any atom is 0.258 e. The third-order valence-corrected chi connectivity index (χ3v) is 4.60. The van der Waals surface area contributed by atoms with E-state index in [1.807, 2.05) is 44.2 Å². The molecule has 0 saturated carbocycles. The Morgan fingerprint density at radius 2 is 1.96 bits per heavy atom. The highest BCUT2D eigenvalue weighted by Crippen LogP contribution is 2.32. The molecule has 5 nitrogen and oxygen atoms in total. The number of nitrogens with one attached hydrogen (secondary N) is 1. The maximum absolute atomic E-state index is 12.0. The summed E-state index contributed by atoms with van der Waals surface area (Å²) < 4.78 is 17.2. The van der Waals surface area contributed by atoms with E-state index in [-0.39, 0.29) is 19.3 Å². The number of fused-ring (bicyclic) bond motifs is 1. The lowest BCUT2D eigenvalue weighted by molar-refractivity contribution is -0.123. The van der Waals surface area contributed by atoms with E-state index in [0.717, 1.165) is 26.9 Å². The second kappa shape index (κ2) is 7.13. The third-order valence-electron chi connectivity index (χ3n) is 3.74. The van der Waals surface area contributed by atoms with Crippen molar-refractivity contribution in [1.82, 2.24) is 5.32 Å². The van der Waals surface area contributed by atoms with E-state index >= 15 is 0 Å². The van der Waals surface area contributed by atoms with Crippen LogP contribution in [0.5, 0.6) is 17.2 Å². The molecule has 0 radical (unpaired) electrons. The van der Waals surface area contributed by atoms with Crippen molar-refractivity contribution in [3.8, 4) is 17.2 Å². The number of aryl methyl sites for hydroxylation is 2. The first-order chi connectivity index (χ1) is 11.5. The SMILES string of the molecule is Cc1cc(OCC(=O)NCc2ccc3c(c2)OCO3)c(C)cc1Br. The first-order valence-electron chi connectivity index (χ1n) is 7.57. The van der Waals surface area contributed by atoms with Gasteiger partial charge in [0.1, 0.15) is 5.75 Å². The molecule has 0 aliphatic carbocycles. The van der Waals surface area contributed by atoms with Crippen molar-refractivity contribution < 1.29 is 19.0 Å².